The molecule has 2 atom stereocenters. The Bertz CT molecular complexity index is 830. The zero-order valence-corrected chi connectivity index (χ0v) is 16.6. The Morgan fingerprint density at radius 1 is 1.00 bits per heavy atom. The monoisotopic (exact) mass is 382 g/mol. The molecule has 7 nitrogen and oxygen atoms in total. The Labute approximate surface area is 165 Å². The van der Waals surface area contributed by atoms with Crippen molar-refractivity contribution in [3.8, 4) is 0 Å². The third-order valence-corrected chi connectivity index (χ3v) is 4.54. The summed E-state index contributed by atoms with van der Waals surface area (Å²) in [5.41, 5.74) is 2.78. The molecule has 2 rings (SSSR count). The summed E-state index contributed by atoms with van der Waals surface area (Å²) in [4.78, 5) is 25.7. The molecule has 0 saturated carbocycles. The minimum Gasteiger partial charge on any atom is -0.480 e. The molecule has 2 unspecified atom stereocenters. The zero-order valence-electron chi connectivity index (χ0n) is 16.6. The van der Waals surface area contributed by atoms with Crippen molar-refractivity contribution in [1.29, 1.82) is 0 Å². The van der Waals surface area contributed by atoms with Crippen LogP contribution < -0.4 is 10.2 Å². The number of azo groups is 1. The maximum atomic E-state index is 12.3. The van der Waals surface area contributed by atoms with Crippen molar-refractivity contribution in [1.82, 2.24) is 5.32 Å². The average Bonchev–Trinajstić information content (AvgIpc) is 2.70. The number of nitrogens with zero attached hydrogens (tertiary/aromatic N) is 3. The van der Waals surface area contributed by atoms with Crippen LogP contribution in [0.2, 0.25) is 0 Å². The van der Waals surface area contributed by atoms with Crippen molar-refractivity contribution >= 4 is 28.9 Å². The van der Waals surface area contributed by atoms with E-state index in [9.17, 15) is 14.7 Å². The van der Waals surface area contributed by atoms with Gasteiger partial charge in [-0.3, -0.25) is 4.79 Å². The Hall–Kier alpha value is -3.22. The van der Waals surface area contributed by atoms with E-state index >= 15 is 0 Å². The minimum absolute atomic E-state index is 0.159. The molecule has 0 aromatic heterocycles. The van der Waals surface area contributed by atoms with Crippen LogP contribution in [0.3, 0.4) is 0 Å². The normalized spacial score (nSPS) is 13.1. The standard InChI is InChI=1S/C21H26N4O3/c1-5-14(2)19(21(27)28)22-20(26)15-6-8-16(9-7-15)23-24-17-10-12-18(13-11-17)25(3)4/h6-14,19H,5H2,1-4H3,(H,22,26)(H,27,28). The first-order valence-corrected chi connectivity index (χ1v) is 9.14. The fraction of sp³-hybridized carbons (Fsp3) is 0.333. The van der Waals surface area contributed by atoms with Crippen LogP contribution in [0.4, 0.5) is 17.1 Å². The van der Waals surface area contributed by atoms with E-state index in [1.165, 1.54) is 0 Å². The predicted molar refractivity (Wildman–Crippen MR) is 110 cm³/mol. The number of nitrogens with one attached hydrogen (secondary N) is 1. The van der Waals surface area contributed by atoms with E-state index < -0.39 is 17.9 Å². The summed E-state index contributed by atoms with van der Waals surface area (Å²) in [6, 6.07) is 13.3. The van der Waals surface area contributed by atoms with Gasteiger partial charge < -0.3 is 15.3 Å². The lowest BCUT2D eigenvalue weighted by molar-refractivity contribution is -0.140. The van der Waals surface area contributed by atoms with Gasteiger partial charge in [-0.2, -0.15) is 10.2 Å². The van der Waals surface area contributed by atoms with Crippen LogP contribution in [0.25, 0.3) is 0 Å². The SMILES string of the molecule is CCC(C)C(NC(=O)c1ccc(N=Nc2ccc(N(C)C)cc2)cc1)C(=O)O. The molecule has 148 valence electrons. The molecule has 2 N–H and O–H groups in total. The van der Waals surface area contributed by atoms with Crippen molar-refractivity contribution in [2.45, 2.75) is 26.3 Å². The zero-order chi connectivity index (χ0) is 20.7. The van der Waals surface area contributed by atoms with Gasteiger partial charge in [-0.15, -0.1) is 0 Å². The van der Waals surface area contributed by atoms with Crippen LogP contribution >= 0.6 is 0 Å². The van der Waals surface area contributed by atoms with Crippen molar-refractivity contribution < 1.29 is 14.7 Å². The van der Waals surface area contributed by atoms with Crippen molar-refractivity contribution in [3.63, 3.8) is 0 Å². The van der Waals surface area contributed by atoms with Gasteiger partial charge in [-0.05, 0) is 54.4 Å². The van der Waals surface area contributed by atoms with Crippen LogP contribution in [0, 0.1) is 5.92 Å². The van der Waals surface area contributed by atoms with Crippen LogP contribution in [-0.4, -0.2) is 37.1 Å². The highest BCUT2D eigenvalue weighted by molar-refractivity contribution is 5.96. The van der Waals surface area contributed by atoms with Gasteiger partial charge in [0.05, 0.1) is 11.4 Å². The second-order valence-electron chi connectivity index (χ2n) is 6.83. The van der Waals surface area contributed by atoms with Crippen LogP contribution in [0.15, 0.2) is 58.8 Å². The second-order valence-corrected chi connectivity index (χ2v) is 6.83. The molecule has 7 heteroatoms. The second kappa shape index (κ2) is 9.64. The summed E-state index contributed by atoms with van der Waals surface area (Å²) in [5.74, 6) is -1.61. The topological polar surface area (TPSA) is 94.4 Å². The number of aliphatic carboxylic acids is 1. The molecule has 0 aliphatic heterocycles. The molecule has 0 saturated heterocycles. The lowest BCUT2D eigenvalue weighted by Gasteiger charge is -2.20. The first-order chi connectivity index (χ1) is 13.3. The van der Waals surface area contributed by atoms with E-state index in [0.29, 0.717) is 17.7 Å². The number of hydrogen-bond donors (Lipinski definition) is 2. The summed E-state index contributed by atoms with van der Waals surface area (Å²) in [5, 5.41) is 20.2. The van der Waals surface area contributed by atoms with Gasteiger partial charge in [0.15, 0.2) is 0 Å². The quantitative estimate of drug-likeness (QED) is 0.662. The summed E-state index contributed by atoms with van der Waals surface area (Å²) in [6.07, 6.45) is 0.659. The van der Waals surface area contributed by atoms with Gasteiger partial charge in [0, 0.05) is 25.3 Å². The minimum atomic E-state index is -1.03. The number of amides is 1. The largest absolute Gasteiger partial charge is 0.480 e. The van der Waals surface area contributed by atoms with Gasteiger partial charge in [-0.1, -0.05) is 20.3 Å². The van der Waals surface area contributed by atoms with Gasteiger partial charge in [-0.25, -0.2) is 4.79 Å². The maximum Gasteiger partial charge on any atom is 0.326 e. The number of hydrogen-bond acceptors (Lipinski definition) is 5. The van der Waals surface area contributed by atoms with Crippen molar-refractivity contribution in [2.24, 2.45) is 16.1 Å². The number of carboxylic acids is 1. The number of rotatable bonds is 8. The van der Waals surface area contributed by atoms with E-state index in [0.717, 1.165) is 11.4 Å². The number of carbonyl (C=O) groups is 2. The average molecular weight is 382 g/mol. The fourth-order valence-corrected chi connectivity index (χ4v) is 2.52. The molecule has 0 aliphatic carbocycles. The van der Waals surface area contributed by atoms with Gasteiger partial charge >= 0.3 is 5.97 Å². The molecule has 2 aromatic rings. The molecule has 1 amide bonds. The van der Waals surface area contributed by atoms with Gasteiger partial charge in [0.25, 0.3) is 5.91 Å². The summed E-state index contributed by atoms with van der Waals surface area (Å²) < 4.78 is 0. The Morgan fingerprint density at radius 2 is 1.50 bits per heavy atom. The summed E-state index contributed by atoms with van der Waals surface area (Å²) in [6.45, 7) is 3.69. The smallest absolute Gasteiger partial charge is 0.326 e. The Balaban J connectivity index is 2.04. The molecule has 0 bridgehead atoms. The first kappa shape index (κ1) is 21.1. The molecule has 2 aromatic carbocycles. The highest BCUT2D eigenvalue weighted by atomic mass is 16.4. The van der Waals surface area contributed by atoms with E-state index in [-0.39, 0.29) is 5.92 Å². The number of carboxylic acid groups (broad SMARTS) is 1. The predicted octanol–water partition coefficient (Wildman–Crippen LogP) is 4.40. The van der Waals surface area contributed by atoms with Gasteiger partial charge in [0.2, 0.25) is 0 Å². The van der Waals surface area contributed by atoms with Crippen molar-refractivity contribution in [2.75, 3.05) is 19.0 Å². The molecule has 28 heavy (non-hydrogen) atoms. The fourth-order valence-electron chi connectivity index (χ4n) is 2.52. The first-order valence-electron chi connectivity index (χ1n) is 9.14. The molecule has 0 heterocycles. The Kier molecular flexibility index (Phi) is 7.26. The highest BCUT2D eigenvalue weighted by Crippen LogP contribution is 2.21. The Morgan fingerprint density at radius 3 is 1.93 bits per heavy atom. The van der Waals surface area contributed by atoms with Crippen LogP contribution in [-0.2, 0) is 4.79 Å². The third kappa shape index (κ3) is 5.64. The van der Waals surface area contributed by atoms with E-state index in [1.807, 2.05) is 50.2 Å². The molecular formula is C21H26N4O3. The lowest BCUT2D eigenvalue weighted by Crippen LogP contribution is -2.45. The van der Waals surface area contributed by atoms with Gasteiger partial charge in [0.1, 0.15) is 6.04 Å². The van der Waals surface area contributed by atoms with Crippen LogP contribution in [0.1, 0.15) is 30.6 Å². The third-order valence-electron chi connectivity index (χ3n) is 4.54. The maximum absolute atomic E-state index is 12.3. The molecule has 0 fully saturated rings. The highest BCUT2D eigenvalue weighted by Gasteiger charge is 2.25. The van der Waals surface area contributed by atoms with Crippen LogP contribution in [0.5, 0.6) is 0 Å². The van der Waals surface area contributed by atoms with Crippen molar-refractivity contribution in [3.05, 3.63) is 54.1 Å². The lowest BCUT2D eigenvalue weighted by atomic mass is 9.99. The molecule has 0 spiro atoms. The molecule has 0 aliphatic rings. The number of carbonyl (C=O) groups excluding carboxylic acids is 1. The number of anilines is 1. The van der Waals surface area contributed by atoms with E-state index in [2.05, 4.69) is 15.5 Å². The summed E-state index contributed by atoms with van der Waals surface area (Å²) >= 11 is 0. The molecular weight excluding hydrogens is 356 g/mol. The van der Waals surface area contributed by atoms with E-state index in [4.69, 9.17) is 0 Å². The molecule has 0 radical (unpaired) electrons. The number of benzene rings is 2. The summed E-state index contributed by atoms with van der Waals surface area (Å²) in [7, 11) is 3.94. The van der Waals surface area contributed by atoms with E-state index in [1.54, 1.807) is 31.2 Å².